The van der Waals surface area contributed by atoms with Gasteiger partial charge in [-0.3, -0.25) is 4.98 Å². The van der Waals surface area contributed by atoms with Crippen molar-refractivity contribution >= 4 is 34.3 Å². The van der Waals surface area contributed by atoms with Crippen LogP contribution in [0.25, 0.3) is 22.4 Å². The Bertz CT molecular complexity index is 1600. The molecule has 40 heavy (non-hydrogen) atoms. The first kappa shape index (κ1) is 25.3. The van der Waals surface area contributed by atoms with E-state index >= 15 is 0 Å². The molecule has 3 aromatic heterocycles. The first-order valence-electron chi connectivity index (χ1n) is 13.2. The fourth-order valence-corrected chi connectivity index (χ4v) is 4.59. The molecule has 2 aromatic carbocycles. The number of amides is 2. The third-order valence-corrected chi connectivity index (χ3v) is 6.65. The second-order valence-corrected chi connectivity index (χ2v) is 9.28. The lowest BCUT2D eigenvalue weighted by Crippen LogP contribution is -2.37. The number of benzene rings is 2. The molecule has 2 amide bonds. The largest absolute Gasteiger partial charge is 0.457 e. The van der Waals surface area contributed by atoms with Gasteiger partial charge < -0.3 is 29.6 Å². The third kappa shape index (κ3) is 5.57. The highest BCUT2D eigenvalue weighted by Crippen LogP contribution is 2.30. The number of hydrogen-bond donors (Lipinski definition) is 2. The Balaban J connectivity index is 1.14. The zero-order valence-corrected chi connectivity index (χ0v) is 22.1. The van der Waals surface area contributed by atoms with Crippen LogP contribution in [0.4, 0.5) is 22.0 Å². The zero-order chi connectivity index (χ0) is 27.3. The summed E-state index contributed by atoms with van der Waals surface area (Å²) in [5.41, 5.74) is 3.08. The number of pyridine rings is 1. The molecule has 1 aliphatic heterocycles. The van der Waals surface area contributed by atoms with Crippen molar-refractivity contribution < 1.29 is 14.3 Å². The summed E-state index contributed by atoms with van der Waals surface area (Å²) in [4.78, 5) is 28.7. The van der Waals surface area contributed by atoms with Gasteiger partial charge in [-0.05, 0) is 73.7 Å². The first-order valence-corrected chi connectivity index (χ1v) is 13.2. The maximum atomic E-state index is 12.6. The second kappa shape index (κ2) is 11.4. The van der Waals surface area contributed by atoms with Crippen molar-refractivity contribution in [3.63, 3.8) is 0 Å². The van der Waals surface area contributed by atoms with E-state index in [9.17, 15) is 4.79 Å². The van der Waals surface area contributed by atoms with Crippen molar-refractivity contribution in [3.8, 4) is 22.9 Å². The van der Waals surface area contributed by atoms with Crippen LogP contribution in [0, 0.1) is 0 Å². The quantitative estimate of drug-likeness (QED) is 0.272. The van der Waals surface area contributed by atoms with Gasteiger partial charge in [0.25, 0.3) is 0 Å². The Morgan fingerprint density at radius 2 is 1.52 bits per heavy atom. The molecular weight excluding hydrogens is 506 g/mol. The standard InChI is InChI=1S/C30H29N7O3/c1-2-36-16-13-26-28(36)34-27(35-29(26)37-17-19-39-20-18-37)21-3-5-22(6-4-21)32-30(38)33-23-7-9-24(10-8-23)40-25-11-14-31-15-12-25/h3-16H,2,17-20H2,1H3,(H2,32,33,38). The summed E-state index contributed by atoms with van der Waals surface area (Å²) in [7, 11) is 0. The van der Waals surface area contributed by atoms with Crippen LogP contribution < -0.4 is 20.3 Å². The van der Waals surface area contributed by atoms with E-state index < -0.39 is 0 Å². The molecule has 1 fully saturated rings. The number of urea groups is 1. The molecule has 4 heterocycles. The van der Waals surface area contributed by atoms with E-state index in [0.717, 1.165) is 42.0 Å². The van der Waals surface area contributed by atoms with E-state index in [1.54, 1.807) is 48.8 Å². The van der Waals surface area contributed by atoms with Gasteiger partial charge in [-0.2, -0.15) is 0 Å². The third-order valence-electron chi connectivity index (χ3n) is 6.65. The highest BCUT2D eigenvalue weighted by Gasteiger charge is 2.20. The molecular formula is C30H29N7O3. The molecule has 6 rings (SSSR count). The summed E-state index contributed by atoms with van der Waals surface area (Å²) >= 11 is 0. The average molecular weight is 536 g/mol. The Kier molecular flexibility index (Phi) is 7.23. The number of carbonyl (C=O) groups excluding carboxylic acids is 1. The van der Waals surface area contributed by atoms with Crippen LogP contribution in [0.1, 0.15) is 6.92 Å². The summed E-state index contributed by atoms with van der Waals surface area (Å²) in [5.74, 6) is 2.93. The van der Waals surface area contributed by atoms with Crippen LogP contribution in [0.3, 0.4) is 0 Å². The maximum Gasteiger partial charge on any atom is 0.323 e. The van der Waals surface area contributed by atoms with Crippen LogP contribution in [0.15, 0.2) is 85.3 Å². The SMILES string of the molecule is CCn1ccc2c(N3CCOCC3)nc(-c3ccc(NC(=O)Nc4ccc(Oc5ccncc5)cc4)cc3)nc21. The lowest BCUT2D eigenvalue weighted by Gasteiger charge is -2.28. The highest BCUT2D eigenvalue weighted by atomic mass is 16.5. The molecule has 5 aromatic rings. The van der Waals surface area contributed by atoms with Crippen molar-refractivity contribution in [2.45, 2.75) is 13.5 Å². The number of aromatic nitrogens is 4. The molecule has 10 nitrogen and oxygen atoms in total. The van der Waals surface area contributed by atoms with Gasteiger partial charge in [0, 0.05) is 55.2 Å². The molecule has 0 spiro atoms. The van der Waals surface area contributed by atoms with Gasteiger partial charge in [-0.1, -0.05) is 0 Å². The monoisotopic (exact) mass is 535 g/mol. The molecule has 0 unspecified atom stereocenters. The molecule has 0 radical (unpaired) electrons. The van der Waals surface area contributed by atoms with Gasteiger partial charge >= 0.3 is 6.03 Å². The zero-order valence-electron chi connectivity index (χ0n) is 22.1. The van der Waals surface area contributed by atoms with Gasteiger partial charge in [-0.15, -0.1) is 0 Å². The lowest BCUT2D eigenvalue weighted by molar-refractivity contribution is 0.122. The van der Waals surface area contributed by atoms with Crippen molar-refractivity contribution in [3.05, 3.63) is 85.3 Å². The minimum atomic E-state index is -0.344. The predicted molar refractivity (Wildman–Crippen MR) is 155 cm³/mol. The smallest absolute Gasteiger partial charge is 0.323 e. The predicted octanol–water partition coefficient (Wildman–Crippen LogP) is 5.79. The van der Waals surface area contributed by atoms with Gasteiger partial charge in [0.1, 0.15) is 23.0 Å². The highest BCUT2D eigenvalue weighted by molar-refractivity contribution is 6.00. The molecule has 202 valence electrons. The number of morpholine rings is 1. The number of aryl methyl sites for hydroxylation is 1. The average Bonchev–Trinajstić information content (AvgIpc) is 3.42. The first-order chi connectivity index (χ1) is 19.7. The second-order valence-electron chi connectivity index (χ2n) is 9.28. The van der Waals surface area contributed by atoms with E-state index in [1.165, 1.54) is 0 Å². The van der Waals surface area contributed by atoms with Gasteiger partial charge in [0.2, 0.25) is 0 Å². The fourth-order valence-electron chi connectivity index (χ4n) is 4.59. The van der Waals surface area contributed by atoms with Crippen LogP contribution in [0.2, 0.25) is 0 Å². The summed E-state index contributed by atoms with van der Waals surface area (Å²) in [5, 5.41) is 6.76. The van der Waals surface area contributed by atoms with Crippen molar-refractivity contribution in [1.29, 1.82) is 0 Å². The topological polar surface area (TPSA) is 106 Å². The number of carbonyl (C=O) groups is 1. The van der Waals surface area contributed by atoms with Crippen LogP contribution in [0.5, 0.6) is 11.5 Å². The molecule has 0 saturated carbocycles. The molecule has 2 N–H and O–H groups in total. The van der Waals surface area contributed by atoms with Crippen molar-refractivity contribution in [1.82, 2.24) is 19.5 Å². The van der Waals surface area contributed by atoms with Gasteiger partial charge in [-0.25, -0.2) is 14.8 Å². The Labute approximate surface area is 231 Å². The summed E-state index contributed by atoms with van der Waals surface area (Å²) in [6.45, 7) is 5.87. The van der Waals surface area contributed by atoms with Gasteiger partial charge in [0.05, 0.1) is 18.6 Å². The maximum absolute atomic E-state index is 12.6. The normalized spacial score (nSPS) is 13.3. The Morgan fingerprint density at radius 3 is 2.20 bits per heavy atom. The van der Waals surface area contributed by atoms with E-state index in [4.69, 9.17) is 19.4 Å². The Morgan fingerprint density at radius 1 is 0.875 bits per heavy atom. The van der Waals surface area contributed by atoms with Crippen LogP contribution in [-0.2, 0) is 11.3 Å². The lowest BCUT2D eigenvalue weighted by atomic mass is 10.2. The van der Waals surface area contributed by atoms with Crippen LogP contribution >= 0.6 is 0 Å². The van der Waals surface area contributed by atoms with Crippen molar-refractivity contribution in [2.24, 2.45) is 0 Å². The van der Waals surface area contributed by atoms with E-state index in [-0.39, 0.29) is 6.03 Å². The summed E-state index contributed by atoms with van der Waals surface area (Å²) in [6.07, 6.45) is 5.39. The number of ether oxygens (including phenoxy) is 2. The Hall–Kier alpha value is -4.96. The van der Waals surface area contributed by atoms with Crippen LogP contribution in [-0.4, -0.2) is 51.9 Å². The number of rotatable bonds is 7. The van der Waals surface area contributed by atoms with Crippen molar-refractivity contribution in [2.75, 3.05) is 41.8 Å². The van der Waals surface area contributed by atoms with E-state index in [2.05, 4.69) is 44.3 Å². The minimum Gasteiger partial charge on any atom is -0.457 e. The molecule has 1 aliphatic rings. The minimum absolute atomic E-state index is 0.344. The number of nitrogens with zero attached hydrogens (tertiary/aromatic N) is 5. The van der Waals surface area contributed by atoms with E-state index in [0.29, 0.717) is 41.9 Å². The van der Waals surface area contributed by atoms with Gasteiger partial charge in [0.15, 0.2) is 5.82 Å². The molecule has 0 aliphatic carbocycles. The molecule has 1 saturated heterocycles. The number of hydrogen-bond acceptors (Lipinski definition) is 7. The molecule has 0 atom stereocenters. The fraction of sp³-hybridized carbons (Fsp3) is 0.200. The van der Waals surface area contributed by atoms with E-state index in [1.807, 2.05) is 24.3 Å². The number of anilines is 3. The summed E-state index contributed by atoms with van der Waals surface area (Å²) in [6, 6.07) is 20.0. The number of fused-ring (bicyclic) bond motifs is 1. The summed E-state index contributed by atoms with van der Waals surface area (Å²) < 4.78 is 13.4. The molecule has 10 heteroatoms. The number of nitrogens with one attached hydrogen (secondary N) is 2. The molecule has 0 bridgehead atoms.